The van der Waals surface area contributed by atoms with Crippen molar-refractivity contribution in [3.05, 3.63) is 0 Å². The molecule has 0 spiro atoms. The molecule has 0 heterocycles. The highest BCUT2D eigenvalue weighted by molar-refractivity contribution is 4.56. The highest BCUT2D eigenvalue weighted by Gasteiger charge is 1.93. The third-order valence-corrected chi connectivity index (χ3v) is 4.79. The maximum absolute atomic E-state index is 3.56. The van der Waals surface area contributed by atoms with E-state index in [4.69, 9.17) is 0 Å². The van der Waals surface area contributed by atoms with Gasteiger partial charge in [-0.2, -0.15) is 0 Å². The van der Waals surface area contributed by atoms with Crippen molar-refractivity contribution in [3.63, 3.8) is 0 Å². The summed E-state index contributed by atoms with van der Waals surface area (Å²) >= 11 is 0. The van der Waals surface area contributed by atoms with Gasteiger partial charge in [-0.25, -0.2) is 0 Å². The lowest BCUT2D eigenvalue weighted by Crippen LogP contribution is -2.25. The van der Waals surface area contributed by atoms with Crippen LogP contribution in [0.2, 0.25) is 0 Å². The number of hydrogen-bond donors (Lipinski definition) is 4. The monoisotopic (exact) mass is 370 g/mol. The fraction of sp³-hybridized carbons (Fsp3) is 1.00. The molecule has 0 aromatic rings. The van der Waals surface area contributed by atoms with Crippen LogP contribution in [0.25, 0.3) is 0 Å². The molecule has 0 bridgehead atoms. The second-order valence-corrected chi connectivity index (χ2v) is 7.54. The molecular formula is C22H50N4. The molecule has 158 valence electrons. The van der Waals surface area contributed by atoms with E-state index >= 15 is 0 Å². The van der Waals surface area contributed by atoms with Crippen LogP contribution in [0.4, 0.5) is 0 Å². The largest absolute Gasteiger partial charge is 0.317 e. The average molecular weight is 371 g/mol. The van der Waals surface area contributed by atoms with E-state index in [0.29, 0.717) is 0 Å². The molecule has 0 fully saturated rings. The Balaban J connectivity index is 2.95. The summed E-state index contributed by atoms with van der Waals surface area (Å²) in [6.45, 7) is 13.9. The zero-order chi connectivity index (χ0) is 19.0. The van der Waals surface area contributed by atoms with Gasteiger partial charge in [-0.15, -0.1) is 0 Å². The van der Waals surface area contributed by atoms with Crippen molar-refractivity contribution in [2.75, 3.05) is 52.4 Å². The van der Waals surface area contributed by atoms with Crippen LogP contribution in [0, 0.1) is 0 Å². The zero-order valence-corrected chi connectivity index (χ0v) is 18.1. The van der Waals surface area contributed by atoms with Gasteiger partial charge in [0.2, 0.25) is 0 Å². The molecule has 4 nitrogen and oxygen atoms in total. The fourth-order valence-electron chi connectivity index (χ4n) is 3.03. The van der Waals surface area contributed by atoms with Gasteiger partial charge in [-0.1, -0.05) is 52.4 Å². The van der Waals surface area contributed by atoms with E-state index < -0.39 is 0 Å². The zero-order valence-electron chi connectivity index (χ0n) is 18.1. The van der Waals surface area contributed by atoms with Crippen LogP contribution in [0.15, 0.2) is 0 Å². The van der Waals surface area contributed by atoms with E-state index in [1.807, 2.05) is 0 Å². The molecule has 0 saturated heterocycles. The van der Waals surface area contributed by atoms with Crippen molar-refractivity contribution in [1.82, 2.24) is 21.3 Å². The summed E-state index contributed by atoms with van der Waals surface area (Å²) in [4.78, 5) is 0. The van der Waals surface area contributed by atoms with Crippen molar-refractivity contribution < 1.29 is 0 Å². The predicted molar refractivity (Wildman–Crippen MR) is 118 cm³/mol. The van der Waals surface area contributed by atoms with Gasteiger partial charge in [-0.3, -0.25) is 0 Å². The average Bonchev–Trinajstić information content (AvgIpc) is 2.66. The smallest absolute Gasteiger partial charge is 0.00368 e. The van der Waals surface area contributed by atoms with E-state index in [0.717, 1.165) is 39.3 Å². The summed E-state index contributed by atoms with van der Waals surface area (Å²) < 4.78 is 0. The first-order valence-electron chi connectivity index (χ1n) is 11.7. The minimum atomic E-state index is 1.15. The van der Waals surface area contributed by atoms with E-state index in [9.17, 15) is 0 Å². The molecule has 0 aliphatic rings. The Kier molecular flexibility index (Phi) is 24.7. The van der Waals surface area contributed by atoms with E-state index in [2.05, 4.69) is 35.1 Å². The number of unbranched alkanes of at least 4 members (excludes halogenated alkanes) is 7. The van der Waals surface area contributed by atoms with Gasteiger partial charge >= 0.3 is 0 Å². The van der Waals surface area contributed by atoms with Crippen LogP contribution in [-0.2, 0) is 0 Å². The molecule has 0 radical (unpaired) electrons. The van der Waals surface area contributed by atoms with Gasteiger partial charge in [-0.05, 0) is 90.9 Å². The number of nitrogens with one attached hydrogen (secondary N) is 4. The van der Waals surface area contributed by atoms with E-state index in [1.54, 1.807) is 0 Å². The summed E-state index contributed by atoms with van der Waals surface area (Å²) in [7, 11) is 0. The lowest BCUT2D eigenvalue weighted by Gasteiger charge is -2.08. The molecule has 0 unspecified atom stereocenters. The van der Waals surface area contributed by atoms with Crippen molar-refractivity contribution in [2.45, 2.75) is 90.9 Å². The summed E-state index contributed by atoms with van der Waals surface area (Å²) in [6.07, 6.45) is 15.9. The Hall–Kier alpha value is -0.160. The second kappa shape index (κ2) is 24.8. The Labute approximate surface area is 165 Å². The SMILES string of the molecule is CCCCCCNCCCNCCCCNCCCNCCCCCC. The van der Waals surface area contributed by atoms with Gasteiger partial charge in [0.15, 0.2) is 0 Å². The number of rotatable bonds is 23. The van der Waals surface area contributed by atoms with Crippen molar-refractivity contribution in [2.24, 2.45) is 0 Å². The second-order valence-electron chi connectivity index (χ2n) is 7.54. The first-order valence-corrected chi connectivity index (χ1v) is 11.7. The topological polar surface area (TPSA) is 48.1 Å². The third kappa shape index (κ3) is 23.8. The maximum Gasteiger partial charge on any atom is -0.00368 e. The van der Waals surface area contributed by atoms with Crippen molar-refractivity contribution in [3.8, 4) is 0 Å². The van der Waals surface area contributed by atoms with Gasteiger partial charge < -0.3 is 21.3 Å². The lowest BCUT2D eigenvalue weighted by atomic mass is 10.2. The maximum atomic E-state index is 3.56. The molecule has 0 saturated carbocycles. The molecule has 0 rings (SSSR count). The van der Waals surface area contributed by atoms with E-state index in [1.165, 1.54) is 90.1 Å². The van der Waals surface area contributed by atoms with Gasteiger partial charge in [0.1, 0.15) is 0 Å². The molecule has 0 aromatic carbocycles. The van der Waals surface area contributed by atoms with Crippen LogP contribution in [-0.4, -0.2) is 52.4 Å². The molecular weight excluding hydrogens is 320 g/mol. The van der Waals surface area contributed by atoms with Crippen LogP contribution in [0.3, 0.4) is 0 Å². The highest BCUT2D eigenvalue weighted by Crippen LogP contribution is 1.97. The molecule has 0 atom stereocenters. The molecule has 0 amide bonds. The number of hydrogen-bond acceptors (Lipinski definition) is 4. The lowest BCUT2D eigenvalue weighted by molar-refractivity contribution is 0.537. The van der Waals surface area contributed by atoms with Gasteiger partial charge in [0.25, 0.3) is 0 Å². The standard InChI is InChI=1S/C22H50N4/c1-3-5-7-9-15-23-19-13-21-25-17-11-12-18-26-22-14-20-24-16-10-8-6-4-2/h23-26H,3-22H2,1-2H3. The summed E-state index contributed by atoms with van der Waals surface area (Å²) in [5.74, 6) is 0. The van der Waals surface area contributed by atoms with Crippen LogP contribution >= 0.6 is 0 Å². The van der Waals surface area contributed by atoms with Crippen molar-refractivity contribution >= 4 is 0 Å². The fourth-order valence-corrected chi connectivity index (χ4v) is 3.03. The summed E-state index contributed by atoms with van der Waals surface area (Å²) in [5.41, 5.74) is 0. The van der Waals surface area contributed by atoms with Crippen LogP contribution in [0.1, 0.15) is 90.9 Å². The molecule has 0 aromatic heterocycles. The summed E-state index contributed by atoms with van der Waals surface area (Å²) in [6, 6.07) is 0. The first-order chi connectivity index (χ1) is 12.9. The quantitative estimate of drug-likeness (QED) is 0.205. The minimum Gasteiger partial charge on any atom is -0.317 e. The highest BCUT2D eigenvalue weighted by atomic mass is 14.9. The molecule has 4 N–H and O–H groups in total. The minimum absolute atomic E-state index is 1.15. The Morgan fingerprint density at radius 1 is 0.308 bits per heavy atom. The molecule has 0 aliphatic heterocycles. The molecule has 4 heteroatoms. The van der Waals surface area contributed by atoms with Gasteiger partial charge in [0.05, 0.1) is 0 Å². The Bertz CT molecular complexity index is 212. The van der Waals surface area contributed by atoms with E-state index in [-0.39, 0.29) is 0 Å². The normalized spacial score (nSPS) is 11.3. The van der Waals surface area contributed by atoms with Crippen molar-refractivity contribution in [1.29, 1.82) is 0 Å². The van der Waals surface area contributed by atoms with Crippen LogP contribution in [0.5, 0.6) is 0 Å². The molecule has 0 aliphatic carbocycles. The van der Waals surface area contributed by atoms with Crippen LogP contribution < -0.4 is 21.3 Å². The first kappa shape index (κ1) is 25.8. The predicted octanol–water partition coefficient (Wildman–Crippen LogP) is 4.07. The summed E-state index contributed by atoms with van der Waals surface area (Å²) in [5, 5.41) is 14.2. The molecule has 26 heavy (non-hydrogen) atoms. The Morgan fingerprint density at radius 3 is 0.885 bits per heavy atom. The Morgan fingerprint density at radius 2 is 0.577 bits per heavy atom. The third-order valence-electron chi connectivity index (χ3n) is 4.79. The van der Waals surface area contributed by atoms with Gasteiger partial charge in [0, 0.05) is 0 Å².